The van der Waals surface area contributed by atoms with Crippen molar-refractivity contribution in [2.75, 3.05) is 0 Å². The van der Waals surface area contributed by atoms with Gasteiger partial charge in [0.05, 0.1) is 17.3 Å². The Balaban J connectivity index is 1.59. The number of esters is 2. The first-order chi connectivity index (χ1) is 14.0. The molecular weight excluding hydrogens is 380 g/mol. The smallest absolute Gasteiger partial charge is 0.318 e. The highest BCUT2D eigenvalue weighted by molar-refractivity contribution is 5.99. The van der Waals surface area contributed by atoms with E-state index < -0.39 is 11.4 Å². The van der Waals surface area contributed by atoms with Gasteiger partial charge >= 0.3 is 17.9 Å². The molecule has 1 saturated heterocycles. The minimum atomic E-state index is -0.685. The van der Waals surface area contributed by atoms with Crippen LogP contribution in [-0.4, -0.2) is 23.0 Å². The van der Waals surface area contributed by atoms with Crippen LogP contribution in [0.3, 0.4) is 0 Å². The molecule has 1 N–H and O–H groups in total. The van der Waals surface area contributed by atoms with Gasteiger partial charge in [0.1, 0.15) is 0 Å². The van der Waals surface area contributed by atoms with Crippen molar-refractivity contribution in [3.05, 3.63) is 11.6 Å². The molecule has 0 radical (unpaired) electrons. The molecule has 3 saturated carbocycles. The Kier molecular flexibility index (Phi) is 4.04. The number of aliphatic carboxylic acids is 1. The molecule has 5 nitrogen and oxygen atoms in total. The average molecular weight is 415 g/mol. The summed E-state index contributed by atoms with van der Waals surface area (Å²) in [5.74, 6) is -0.976. The van der Waals surface area contributed by atoms with Gasteiger partial charge in [0, 0.05) is 0 Å². The quantitative estimate of drug-likeness (QED) is 0.410. The fourth-order valence-electron chi connectivity index (χ4n) is 8.92. The molecule has 1 aliphatic heterocycles. The maximum absolute atomic E-state index is 12.6. The minimum Gasteiger partial charge on any atom is -0.481 e. The van der Waals surface area contributed by atoms with E-state index in [2.05, 4.69) is 33.8 Å². The van der Waals surface area contributed by atoms with Crippen LogP contribution in [0.15, 0.2) is 11.6 Å². The maximum atomic E-state index is 12.6. The lowest BCUT2D eigenvalue weighted by atomic mass is 9.38. The van der Waals surface area contributed by atoms with E-state index in [1.807, 2.05) is 6.92 Å². The molecule has 164 valence electrons. The Labute approximate surface area is 178 Å². The number of carbonyl (C=O) groups excluding carboxylic acids is 2. The molecule has 0 aromatic carbocycles. The lowest BCUT2D eigenvalue weighted by Crippen LogP contribution is -2.62. The Hall–Kier alpha value is -1.65. The van der Waals surface area contributed by atoms with Gasteiger partial charge in [0.2, 0.25) is 0 Å². The molecule has 9 unspecified atom stereocenters. The van der Waals surface area contributed by atoms with Gasteiger partial charge in [-0.15, -0.1) is 0 Å². The fourth-order valence-corrected chi connectivity index (χ4v) is 8.92. The van der Waals surface area contributed by atoms with E-state index in [-0.39, 0.29) is 58.3 Å². The number of carboxylic acid groups (broad SMARTS) is 1. The van der Waals surface area contributed by atoms with Gasteiger partial charge < -0.3 is 9.84 Å². The second-order valence-corrected chi connectivity index (χ2v) is 11.6. The van der Waals surface area contributed by atoms with Crippen LogP contribution in [0.1, 0.15) is 66.7 Å². The van der Waals surface area contributed by atoms with Crippen molar-refractivity contribution >= 4 is 17.9 Å². The highest BCUT2D eigenvalue weighted by Gasteiger charge is 2.75. The Morgan fingerprint density at radius 2 is 1.77 bits per heavy atom. The summed E-state index contributed by atoms with van der Waals surface area (Å²) < 4.78 is 5.10. The maximum Gasteiger partial charge on any atom is 0.318 e. The molecule has 5 rings (SSSR count). The molecule has 5 aliphatic rings. The lowest BCUT2D eigenvalue weighted by molar-refractivity contribution is -0.187. The number of rotatable bonds is 2. The summed E-state index contributed by atoms with van der Waals surface area (Å²) in [6.45, 7) is 10.9. The van der Waals surface area contributed by atoms with Crippen LogP contribution in [0.2, 0.25) is 0 Å². The van der Waals surface area contributed by atoms with E-state index in [9.17, 15) is 19.5 Å². The van der Waals surface area contributed by atoms with Crippen LogP contribution < -0.4 is 0 Å². The monoisotopic (exact) mass is 414 g/mol. The molecule has 0 bridgehead atoms. The van der Waals surface area contributed by atoms with Crippen LogP contribution >= 0.6 is 0 Å². The van der Waals surface area contributed by atoms with Crippen molar-refractivity contribution in [3.8, 4) is 0 Å². The summed E-state index contributed by atoms with van der Waals surface area (Å²) in [7, 11) is 0. The largest absolute Gasteiger partial charge is 0.481 e. The Morgan fingerprint density at radius 1 is 1.10 bits per heavy atom. The van der Waals surface area contributed by atoms with Crippen molar-refractivity contribution in [2.24, 2.45) is 57.7 Å². The second kappa shape index (κ2) is 5.98. The van der Waals surface area contributed by atoms with E-state index in [0.29, 0.717) is 5.92 Å². The summed E-state index contributed by atoms with van der Waals surface area (Å²) >= 11 is 0. The van der Waals surface area contributed by atoms with Crippen molar-refractivity contribution in [3.63, 3.8) is 0 Å². The highest BCUT2D eigenvalue weighted by Crippen LogP contribution is 2.75. The van der Waals surface area contributed by atoms with E-state index >= 15 is 0 Å². The van der Waals surface area contributed by atoms with Crippen molar-refractivity contribution in [2.45, 2.75) is 66.7 Å². The fraction of sp³-hybridized carbons (Fsp3) is 0.800. The van der Waals surface area contributed by atoms with E-state index in [1.54, 1.807) is 0 Å². The molecule has 4 fully saturated rings. The number of carboxylic acids is 1. The summed E-state index contributed by atoms with van der Waals surface area (Å²) in [4.78, 5) is 37.3. The Morgan fingerprint density at radius 3 is 2.40 bits per heavy atom. The first-order valence-electron chi connectivity index (χ1n) is 11.7. The molecule has 0 amide bonds. The predicted molar refractivity (Wildman–Crippen MR) is 110 cm³/mol. The van der Waals surface area contributed by atoms with Crippen LogP contribution in [0, 0.1) is 57.7 Å². The zero-order valence-electron chi connectivity index (χ0n) is 18.7. The van der Waals surface area contributed by atoms with Crippen molar-refractivity contribution in [1.82, 2.24) is 0 Å². The van der Waals surface area contributed by atoms with E-state index in [0.717, 1.165) is 32.1 Å². The number of carbonyl (C=O) groups is 3. The normalized spacial score (nSPS) is 51.7. The number of cyclic esters (lactones) is 2. The molecule has 9 atom stereocenters. The van der Waals surface area contributed by atoms with E-state index in [1.165, 1.54) is 5.57 Å². The number of fused-ring (bicyclic) bond motifs is 6. The average Bonchev–Trinajstić information content (AvgIpc) is 3.03. The predicted octanol–water partition coefficient (Wildman–Crippen LogP) is 4.46. The molecule has 30 heavy (non-hydrogen) atoms. The van der Waals surface area contributed by atoms with Gasteiger partial charge in [-0.05, 0) is 73.0 Å². The first-order valence-corrected chi connectivity index (χ1v) is 11.7. The molecular formula is C25H34O5. The van der Waals surface area contributed by atoms with Gasteiger partial charge in [-0.1, -0.05) is 45.8 Å². The van der Waals surface area contributed by atoms with Crippen LogP contribution in [0.5, 0.6) is 0 Å². The molecule has 4 aliphatic carbocycles. The lowest BCUT2D eigenvalue weighted by Gasteiger charge is -2.64. The zero-order valence-corrected chi connectivity index (χ0v) is 18.7. The molecule has 0 aromatic heterocycles. The van der Waals surface area contributed by atoms with Crippen molar-refractivity contribution in [1.29, 1.82) is 0 Å². The molecule has 0 aromatic rings. The number of ether oxygens (including phenoxy) is 1. The standard InChI is InChI=1S/C25H34O5/c1-12(2)14-11-25(19-16(14)17-18(19)21(27)30-20(17)26)10-7-15-23(4,13(25)3)8-6-9-24(15,5)22(28)29/h11-13,15-19H,6-10H2,1-5H3,(H,28,29). The van der Waals surface area contributed by atoms with Crippen molar-refractivity contribution < 1.29 is 24.2 Å². The Bertz CT molecular complexity index is 873. The number of allylic oxidation sites excluding steroid dienone is 2. The van der Waals surface area contributed by atoms with Crippen LogP contribution in [0.25, 0.3) is 0 Å². The van der Waals surface area contributed by atoms with Crippen LogP contribution in [0.4, 0.5) is 0 Å². The van der Waals surface area contributed by atoms with Gasteiger partial charge in [-0.3, -0.25) is 14.4 Å². The SMILES string of the molecule is CC(C)C1=CC2(CCC3C(C)(C(=O)O)CCCC3(C)C2C)C2C3C(=O)OC(=O)C3C12. The van der Waals surface area contributed by atoms with Gasteiger partial charge in [-0.25, -0.2) is 0 Å². The molecule has 1 spiro atoms. The summed E-state index contributed by atoms with van der Waals surface area (Å²) in [6, 6.07) is 0. The number of hydrogen-bond donors (Lipinski definition) is 1. The third-order valence-electron chi connectivity index (χ3n) is 10.5. The van der Waals surface area contributed by atoms with E-state index in [4.69, 9.17) is 4.74 Å². The number of hydrogen-bond acceptors (Lipinski definition) is 4. The van der Waals surface area contributed by atoms with Gasteiger partial charge in [0.25, 0.3) is 0 Å². The molecule has 1 heterocycles. The minimum absolute atomic E-state index is 0.0886. The zero-order chi connectivity index (χ0) is 21.8. The van der Waals surface area contributed by atoms with Gasteiger partial charge in [0.15, 0.2) is 0 Å². The first kappa shape index (κ1) is 20.3. The third-order valence-corrected chi connectivity index (χ3v) is 10.5. The highest BCUT2D eigenvalue weighted by atomic mass is 16.6. The summed E-state index contributed by atoms with van der Waals surface area (Å²) in [5.41, 5.74) is 0.403. The van der Waals surface area contributed by atoms with Crippen LogP contribution in [-0.2, 0) is 19.1 Å². The van der Waals surface area contributed by atoms with Gasteiger partial charge in [-0.2, -0.15) is 0 Å². The molecule has 5 heteroatoms. The topological polar surface area (TPSA) is 80.7 Å². The second-order valence-electron chi connectivity index (χ2n) is 11.6. The third kappa shape index (κ3) is 2.12. The summed E-state index contributed by atoms with van der Waals surface area (Å²) in [6.07, 6.45) is 6.92. The summed E-state index contributed by atoms with van der Waals surface area (Å²) in [5, 5.41) is 10.1.